The molecule has 2 heterocycles. The SMILES string of the molecule is CCOC(=O)c1c(NCC2(OC)CCOCC2)nc2ccccc2c1C. The maximum Gasteiger partial charge on any atom is 0.342 e. The van der Waals surface area contributed by atoms with E-state index in [1.165, 1.54) is 0 Å². The van der Waals surface area contributed by atoms with Gasteiger partial charge in [0.2, 0.25) is 0 Å². The van der Waals surface area contributed by atoms with Crippen molar-refractivity contribution in [1.82, 2.24) is 4.98 Å². The molecule has 1 saturated heterocycles. The lowest BCUT2D eigenvalue weighted by Gasteiger charge is -2.36. The third-order valence-electron chi connectivity index (χ3n) is 5.05. The fraction of sp³-hybridized carbons (Fsp3) is 0.500. The van der Waals surface area contributed by atoms with Gasteiger partial charge in [-0.15, -0.1) is 0 Å². The van der Waals surface area contributed by atoms with E-state index in [4.69, 9.17) is 19.2 Å². The summed E-state index contributed by atoms with van der Waals surface area (Å²) in [7, 11) is 1.72. The molecule has 1 aliphatic rings. The van der Waals surface area contributed by atoms with E-state index < -0.39 is 0 Å². The largest absolute Gasteiger partial charge is 0.462 e. The minimum Gasteiger partial charge on any atom is -0.462 e. The summed E-state index contributed by atoms with van der Waals surface area (Å²) >= 11 is 0. The number of benzene rings is 1. The third kappa shape index (κ3) is 3.66. The summed E-state index contributed by atoms with van der Waals surface area (Å²) in [5.41, 5.74) is 1.89. The molecule has 140 valence electrons. The molecule has 1 fully saturated rings. The van der Waals surface area contributed by atoms with Gasteiger partial charge < -0.3 is 19.5 Å². The van der Waals surface area contributed by atoms with Gasteiger partial charge in [0.15, 0.2) is 0 Å². The number of nitrogens with one attached hydrogen (secondary N) is 1. The van der Waals surface area contributed by atoms with Crippen molar-refractivity contribution >= 4 is 22.7 Å². The Kier molecular flexibility index (Phi) is 5.74. The number of hydrogen-bond acceptors (Lipinski definition) is 6. The quantitative estimate of drug-likeness (QED) is 0.799. The molecule has 0 bridgehead atoms. The summed E-state index contributed by atoms with van der Waals surface area (Å²) in [4.78, 5) is 17.3. The van der Waals surface area contributed by atoms with E-state index in [1.807, 2.05) is 31.2 Å². The number of carbonyl (C=O) groups excluding carboxylic acids is 1. The molecule has 1 aromatic heterocycles. The van der Waals surface area contributed by atoms with Crippen molar-refractivity contribution in [3.63, 3.8) is 0 Å². The number of anilines is 1. The first-order valence-corrected chi connectivity index (χ1v) is 9.03. The van der Waals surface area contributed by atoms with E-state index in [1.54, 1.807) is 14.0 Å². The van der Waals surface area contributed by atoms with Crippen molar-refractivity contribution in [3.8, 4) is 0 Å². The minimum absolute atomic E-state index is 0.314. The molecule has 0 saturated carbocycles. The molecule has 6 nitrogen and oxygen atoms in total. The van der Waals surface area contributed by atoms with E-state index >= 15 is 0 Å². The molecule has 2 aromatic rings. The van der Waals surface area contributed by atoms with Crippen molar-refractivity contribution in [2.75, 3.05) is 38.8 Å². The van der Waals surface area contributed by atoms with Crippen LogP contribution in [0.4, 0.5) is 5.82 Å². The van der Waals surface area contributed by atoms with Crippen LogP contribution in [0.1, 0.15) is 35.7 Å². The number of aryl methyl sites for hydroxylation is 1. The molecule has 0 aliphatic carbocycles. The van der Waals surface area contributed by atoms with Crippen molar-refractivity contribution < 1.29 is 19.0 Å². The normalized spacial score (nSPS) is 16.4. The second-order valence-electron chi connectivity index (χ2n) is 6.55. The van der Waals surface area contributed by atoms with E-state index in [-0.39, 0.29) is 11.6 Å². The molecular weight excluding hydrogens is 332 g/mol. The number of esters is 1. The maximum atomic E-state index is 12.6. The molecule has 0 unspecified atom stereocenters. The number of aromatic nitrogens is 1. The van der Waals surface area contributed by atoms with Gasteiger partial charge in [-0.2, -0.15) is 0 Å². The van der Waals surface area contributed by atoms with Gasteiger partial charge in [0.25, 0.3) is 0 Å². The number of para-hydroxylation sites is 1. The number of hydrogen-bond donors (Lipinski definition) is 1. The van der Waals surface area contributed by atoms with Gasteiger partial charge in [0, 0.05) is 45.1 Å². The zero-order chi connectivity index (χ0) is 18.6. The Morgan fingerprint density at radius 3 is 2.73 bits per heavy atom. The molecule has 1 aromatic carbocycles. The first-order valence-electron chi connectivity index (χ1n) is 9.03. The predicted molar refractivity (Wildman–Crippen MR) is 101 cm³/mol. The number of nitrogens with zero attached hydrogens (tertiary/aromatic N) is 1. The Morgan fingerprint density at radius 2 is 2.04 bits per heavy atom. The molecule has 26 heavy (non-hydrogen) atoms. The fourth-order valence-electron chi connectivity index (χ4n) is 3.40. The van der Waals surface area contributed by atoms with Gasteiger partial charge in [0.05, 0.1) is 17.7 Å². The highest BCUT2D eigenvalue weighted by Crippen LogP contribution is 2.29. The van der Waals surface area contributed by atoms with Gasteiger partial charge in [-0.3, -0.25) is 0 Å². The summed E-state index contributed by atoms with van der Waals surface area (Å²) in [6.45, 7) is 5.96. The van der Waals surface area contributed by atoms with Gasteiger partial charge in [-0.1, -0.05) is 18.2 Å². The van der Waals surface area contributed by atoms with Crippen LogP contribution in [-0.4, -0.2) is 50.0 Å². The Bertz CT molecular complexity index is 785. The highest BCUT2D eigenvalue weighted by molar-refractivity contribution is 6.02. The lowest BCUT2D eigenvalue weighted by Crippen LogP contribution is -2.44. The molecule has 0 amide bonds. The average molecular weight is 358 g/mol. The van der Waals surface area contributed by atoms with Gasteiger partial charge >= 0.3 is 5.97 Å². The van der Waals surface area contributed by atoms with E-state index in [0.29, 0.717) is 37.7 Å². The molecular formula is C20H26N2O4. The van der Waals surface area contributed by atoms with Gasteiger partial charge in [-0.05, 0) is 25.5 Å². The Morgan fingerprint density at radius 1 is 1.31 bits per heavy atom. The third-order valence-corrected chi connectivity index (χ3v) is 5.05. The lowest BCUT2D eigenvalue weighted by atomic mass is 9.93. The summed E-state index contributed by atoms with van der Waals surface area (Å²) < 4.78 is 16.5. The smallest absolute Gasteiger partial charge is 0.342 e. The molecule has 1 N–H and O–H groups in total. The van der Waals surface area contributed by atoms with Crippen LogP contribution in [0, 0.1) is 6.92 Å². The van der Waals surface area contributed by atoms with Crippen LogP contribution in [0.2, 0.25) is 0 Å². The molecule has 1 aliphatic heterocycles. The average Bonchev–Trinajstić information content (AvgIpc) is 2.67. The highest BCUT2D eigenvalue weighted by atomic mass is 16.5. The zero-order valence-corrected chi connectivity index (χ0v) is 15.6. The summed E-state index contributed by atoms with van der Waals surface area (Å²) in [5, 5.41) is 4.31. The standard InChI is InChI=1S/C20H26N2O4/c1-4-26-19(23)17-14(2)15-7-5-6-8-16(15)22-18(17)21-13-20(24-3)9-11-25-12-10-20/h5-8H,4,9-13H2,1-3H3,(H,21,22). The van der Waals surface area contributed by atoms with Crippen LogP contribution in [0.5, 0.6) is 0 Å². The molecule has 3 rings (SSSR count). The zero-order valence-electron chi connectivity index (χ0n) is 15.6. The number of methoxy groups -OCH3 is 1. The monoisotopic (exact) mass is 358 g/mol. The van der Waals surface area contributed by atoms with Crippen LogP contribution in [0.15, 0.2) is 24.3 Å². The van der Waals surface area contributed by atoms with Crippen LogP contribution in [0.3, 0.4) is 0 Å². The summed E-state index contributed by atoms with van der Waals surface area (Å²) in [6.07, 6.45) is 1.61. The molecule has 6 heteroatoms. The second kappa shape index (κ2) is 8.01. The molecule has 0 spiro atoms. The van der Waals surface area contributed by atoms with Gasteiger partial charge in [-0.25, -0.2) is 9.78 Å². The maximum absolute atomic E-state index is 12.6. The lowest BCUT2D eigenvalue weighted by molar-refractivity contribution is -0.0807. The molecule has 0 atom stereocenters. The summed E-state index contributed by atoms with van der Waals surface area (Å²) in [5.74, 6) is 0.187. The van der Waals surface area contributed by atoms with Crippen LogP contribution in [-0.2, 0) is 14.2 Å². The number of rotatable bonds is 6. The van der Waals surface area contributed by atoms with Crippen molar-refractivity contribution in [1.29, 1.82) is 0 Å². The van der Waals surface area contributed by atoms with Crippen LogP contribution >= 0.6 is 0 Å². The van der Waals surface area contributed by atoms with Gasteiger partial charge in [0.1, 0.15) is 11.4 Å². The number of carbonyl (C=O) groups is 1. The minimum atomic E-state index is -0.357. The Hall–Kier alpha value is -2.18. The second-order valence-corrected chi connectivity index (χ2v) is 6.55. The first kappa shape index (κ1) is 18.6. The Labute approximate surface area is 153 Å². The highest BCUT2D eigenvalue weighted by Gasteiger charge is 2.33. The van der Waals surface area contributed by atoms with Crippen molar-refractivity contribution in [2.45, 2.75) is 32.3 Å². The topological polar surface area (TPSA) is 69.7 Å². The predicted octanol–water partition coefficient (Wildman–Crippen LogP) is 3.33. The van der Waals surface area contributed by atoms with Crippen molar-refractivity contribution in [3.05, 3.63) is 35.4 Å². The van der Waals surface area contributed by atoms with Crippen LogP contribution < -0.4 is 5.32 Å². The summed E-state index contributed by atoms with van der Waals surface area (Å²) in [6, 6.07) is 7.81. The van der Waals surface area contributed by atoms with E-state index in [2.05, 4.69) is 5.32 Å². The van der Waals surface area contributed by atoms with E-state index in [9.17, 15) is 4.79 Å². The Balaban J connectivity index is 1.97. The number of ether oxygens (including phenoxy) is 3. The first-order chi connectivity index (χ1) is 12.6. The van der Waals surface area contributed by atoms with E-state index in [0.717, 1.165) is 29.3 Å². The molecule has 0 radical (unpaired) electrons. The van der Waals surface area contributed by atoms with Crippen LogP contribution in [0.25, 0.3) is 10.9 Å². The van der Waals surface area contributed by atoms with Crippen molar-refractivity contribution in [2.24, 2.45) is 0 Å². The fourth-order valence-corrected chi connectivity index (χ4v) is 3.40. The number of pyridine rings is 1. The number of fused-ring (bicyclic) bond motifs is 1.